The third-order valence-corrected chi connectivity index (χ3v) is 4.39. The van der Waals surface area contributed by atoms with Gasteiger partial charge in [0.2, 0.25) is 17.7 Å². The highest BCUT2D eigenvalue weighted by molar-refractivity contribution is 7.08. The highest BCUT2D eigenvalue weighted by atomic mass is 32.1. The first-order valence-corrected chi connectivity index (χ1v) is 8.52. The molecule has 2 heterocycles. The van der Waals surface area contributed by atoms with E-state index in [4.69, 9.17) is 0 Å². The molecule has 2 rings (SSSR count). The smallest absolute Gasteiger partial charge is 0.244 e. The normalized spacial score (nSPS) is 15.0. The largest absolute Gasteiger partial charge is 0.352 e. The van der Waals surface area contributed by atoms with E-state index in [0.29, 0.717) is 32.7 Å². The van der Waals surface area contributed by atoms with Gasteiger partial charge in [0.05, 0.1) is 0 Å². The van der Waals surface area contributed by atoms with Crippen molar-refractivity contribution in [3.05, 3.63) is 28.5 Å². The van der Waals surface area contributed by atoms with Gasteiger partial charge in [-0.1, -0.05) is 0 Å². The van der Waals surface area contributed by atoms with Crippen molar-refractivity contribution in [2.75, 3.05) is 32.7 Å². The predicted octanol–water partition coefficient (Wildman–Crippen LogP) is 0.958. The van der Waals surface area contributed by atoms with Crippen molar-refractivity contribution in [2.24, 2.45) is 0 Å². The fourth-order valence-electron chi connectivity index (χ4n) is 2.32. The van der Waals surface area contributed by atoms with Gasteiger partial charge in [-0.3, -0.25) is 14.4 Å². The van der Waals surface area contributed by atoms with Gasteiger partial charge in [-0.2, -0.15) is 11.3 Å². The summed E-state index contributed by atoms with van der Waals surface area (Å²) >= 11 is 1.57. The molecule has 0 atom stereocenters. The zero-order valence-electron chi connectivity index (χ0n) is 13.2. The molecule has 124 valence electrons. The van der Waals surface area contributed by atoms with Crippen LogP contribution in [0.4, 0.5) is 0 Å². The molecular weight excluding hydrogens is 314 g/mol. The Labute approximate surface area is 139 Å². The Morgan fingerprint density at radius 3 is 2.52 bits per heavy atom. The van der Waals surface area contributed by atoms with Crippen LogP contribution in [-0.2, 0) is 14.4 Å². The summed E-state index contributed by atoms with van der Waals surface area (Å²) in [5.41, 5.74) is 0.990. The van der Waals surface area contributed by atoms with Gasteiger partial charge in [0.1, 0.15) is 0 Å². The zero-order chi connectivity index (χ0) is 16.7. The van der Waals surface area contributed by atoms with E-state index in [2.05, 4.69) is 5.32 Å². The lowest BCUT2D eigenvalue weighted by molar-refractivity contribution is -0.138. The second-order valence-electron chi connectivity index (χ2n) is 5.32. The van der Waals surface area contributed by atoms with E-state index in [9.17, 15) is 14.4 Å². The van der Waals surface area contributed by atoms with Gasteiger partial charge in [-0.05, 0) is 28.5 Å². The average molecular weight is 335 g/mol. The maximum Gasteiger partial charge on any atom is 0.244 e. The van der Waals surface area contributed by atoms with Gasteiger partial charge in [-0.15, -0.1) is 0 Å². The first-order valence-electron chi connectivity index (χ1n) is 7.57. The second kappa shape index (κ2) is 8.47. The number of piperazine rings is 1. The molecule has 1 fully saturated rings. The Balaban J connectivity index is 1.65. The molecule has 1 aliphatic rings. The lowest BCUT2D eigenvalue weighted by atomic mass is 10.2. The molecule has 0 aliphatic carbocycles. The van der Waals surface area contributed by atoms with Crippen LogP contribution in [0.3, 0.4) is 0 Å². The minimum absolute atomic E-state index is 0.00955. The number of nitrogens with one attached hydrogen (secondary N) is 1. The lowest BCUT2D eigenvalue weighted by Crippen LogP contribution is -2.50. The maximum absolute atomic E-state index is 12.1. The van der Waals surface area contributed by atoms with Crippen molar-refractivity contribution in [1.82, 2.24) is 15.1 Å². The summed E-state index contributed by atoms with van der Waals surface area (Å²) in [6.07, 6.45) is 3.49. The van der Waals surface area contributed by atoms with Crippen molar-refractivity contribution in [3.63, 3.8) is 0 Å². The standard InChI is InChI=1S/C16H21N3O3S/c1-13(20)18-7-9-19(10-8-18)16(22)4-6-17-15(21)3-2-14-5-11-23-12-14/h2-3,5,11-12H,4,6-10H2,1H3,(H,17,21)/b3-2+. The molecule has 1 saturated heterocycles. The number of hydrogen-bond acceptors (Lipinski definition) is 4. The van der Waals surface area contributed by atoms with Crippen molar-refractivity contribution in [1.29, 1.82) is 0 Å². The summed E-state index contributed by atoms with van der Waals surface area (Å²) < 4.78 is 0. The molecule has 0 saturated carbocycles. The van der Waals surface area contributed by atoms with Crippen LogP contribution in [0.2, 0.25) is 0 Å². The van der Waals surface area contributed by atoms with Gasteiger partial charge in [0.15, 0.2) is 0 Å². The number of amides is 3. The second-order valence-corrected chi connectivity index (χ2v) is 6.10. The molecule has 0 spiro atoms. The van der Waals surface area contributed by atoms with E-state index in [1.54, 1.807) is 27.2 Å². The van der Waals surface area contributed by atoms with E-state index in [1.807, 2.05) is 16.8 Å². The Kier molecular flexibility index (Phi) is 6.34. The van der Waals surface area contributed by atoms with E-state index in [0.717, 1.165) is 5.56 Å². The molecule has 7 heteroatoms. The molecule has 1 aromatic heterocycles. The minimum Gasteiger partial charge on any atom is -0.352 e. The maximum atomic E-state index is 12.1. The first-order chi connectivity index (χ1) is 11.1. The van der Waals surface area contributed by atoms with Crippen LogP contribution in [0.15, 0.2) is 22.9 Å². The third kappa shape index (κ3) is 5.52. The van der Waals surface area contributed by atoms with Crippen molar-refractivity contribution >= 4 is 35.1 Å². The fourth-order valence-corrected chi connectivity index (χ4v) is 2.95. The van der Waals surface area contributed by atoms with Crippen LogP contribution in [0.25, 0.3) is 6.08 Å². The molecule has 0 radical (unpaired) electrons. The quantitative estimate of drug-likeness (QED) is 0.815. The van der Waals surface area contributed by atoms with Crippen LogP contribution in [0.1, 0.15) is 18.9 Å². The average Bonchev–Trinajstić information content (AvgIpc) is 3.06. The van der Waals surface area contributed by atoms with E-state index >= 15 is 0 Å². The van der Waals surface area contributed by atoms with Gasteiger partial charge < -0.3 is 15.1 Å². The van der Waals surface area contributed by atoms with Crippen molar-refractivity contribution in [2.45, 2.75) is 13.3 Å². The number of carbonyl (C=O) groups is 3. The molecule has 1 aliphatic heterocycles. The molecular formula is C16H21N3O3S. The number of thiophene rings is 1. The predicted molar refractivity (Wildman–Crippen MR) is 89.8 cm³/mol. The fraction of sp³-hybridized carbons (Fsp3) is 0.438. The van der Waals surface area contributed by atoms with Crippen LogP contribution in [-0.4, -0.2) is 60.2 Å². The van der Waals surface area contributed by atoms with Crippen LogP contribution < -0.4 is 5.32 Å². The molecule has 3 amide bonds. The Hall–Kier alpha value is -2.15. The van der Waals surface area contributed by atoms with Gasteiger partial charge in [-0.25, -0.2) is 0 Å². The summed E-state index contributed by atoms with van der Waals surface area (Å²) in [6, 6.07) is 1.93. The SMILES string of the molecule is CC(=O)N1CCN(C(=O)CCNC(=O)/C=C/c2ccsc2)CC1. The molecule has 0 bridgehead atoms. The lowest BCUT2D eigenvalue weighted by Gasteiger charge is -2.34. The van der Waals surface area contributed by atoms with Gasteiger partial charge in [0.25, 0.3) is 0 Å². The number of nitrogens with zero attached hydrogens (tertiary/aromatic N) is 2. The summed E-state index contributed by atoms with van der Waals surface area (Å²) in [4.78, 5) is 38.4. The van der Waals surface area contributed by atoms with Gasteiger partial charge >= 0.3 is 0 Å². The minimum atomic E-state index is -0.203. The van der Waals surface area contributed by atoms with Crippen LogP contribution in [0, 0.1) is 0 Å². The van der Waals surface area contributed by atoms with E-state index in [-0.39, 0.29) is 24.1 Å². The molecule has 23 heavy (non-hydrogen) atoms. The third-order valence-electron chi connectivity index (χ3n) is 3.69. The highest BCUT2D eigenvalue weighted by Gasteiger charge is 2.21. The first kappa shape index (κ1) is 17.2. The monoisotopic (exact) mass is 335 g/mol. The topological polar surface area (TPSA) is 69.7 Å². The number of carbonyl (C=O) groups excluding carboxylic acids is 3. The summed E-state index contributed by atoms with van der Waals surface area (Å²) in [5, 5.41) is 6.61. The molecule has 6 nitrogen and oxygen atoms in total. The highest BCUT2D eigenvalue weighted by Crippen LogP contribution is 2.07. The van der Waals surface area contributed by atoms with Gasteiger partial charge in [0, 0.05) is 52.1 Å². The van der Waals surface area contributed by atoms with Crippen molar-refractivity contribution < 1.29 is 14.4 Å². The number of hydrogen-bond donors (Lipinski definition) is 1. The number of rotatable bonds is 5. The summed E-state index contributed by atoms with van der Waals surface area (Å²) in [7, 11) is 0. The Morgan fingerprint density at radius 1 is 1.22 bits per heavy atom. The van der Waals surface area contributed by atoms with Crippen LogP contribution >= 0.6 is 11.3 Å². The van der Waals surface area contributed by atoms with E-state index < -0.39 is 0 Å². The van der Waals surface area contributed by atoms with Crippen molar-refractivity contribution in [3.8, 4) is 0 Å². The summed E-state index contributed by atoms with van der Waals surface area (Å²) in [5.74, 6) is -0.150. The van der Waals surface area contributed by atoms with Crippen LogP contribution in [0.5, 0.6) is 0 Å². The van der Waals surface area contributed by atoms with E-state index in [1.165, 1.54) is 13.0 Å². The Bertz CT molecular complexity index is 575. The molecule has 1 aromatic rings. The molecule has 1 N–H and O–H groups in total. The Morgan fingerprint density at radius 2 is 1.91 bits per heavy atom. The summed E-state index contributed by atoms with van der Waals surface area (Å²) in [6.45, 7) is 4.14. The zero-order valence-corrected chi connectivity index (χ0v) is 14.0. The molecule has 0 aromatic carbocycles. The molecule has 0 unspecified atom stereocenters.